The zero-order valence-electron chi connectivity index (χ0n) is 74.6. The minimum absolute atomic E-state index is 0.000930. The van der Waals surface area contributed by atoms with Crippen molar-refractivity contribution in [1.29, 1.82) is 0 Å². The van der Waals surface area contributed by atoms with E-state index in [1.54, 1.807) is 7.11 Å². The van der Waals surface area contributed by atoms with Crippen molar-refractivity contribution in [2.45, 2.75) is 335 Å². The van der Waals surface area contributed by atoms with Gasteiger partial charge in [0.15, 0.2) is 0 Å². The Labute approximate surface area is 737 Å². The van der Waals surface area contributed by atoms with E-state index in [-0.39, 0.29) is 110 Å². The van der Waals surface area contributed by atoms with Crippen molar-refractivity contribution in [3.8, 4) is 23.0 Å². The average Bonchev–Trinajstić information content (AvgIpc) is 1.60. The van der Waals surface area contributed by atoms with Crippen LogP contribution in [-0.4, -0.2) is 96.9 Å². The Morgan fingerprint density at radius 3 is 1.09 bits per heavy atom. The van der Waals surface area contributed by atoms with Gasteiger partial charge in [-0.15, -0.1) is 0 Å². The van der Waals surface area contributed by atoms with Crippen LogP contribution >= 0.6 is 23.2 Å². The Morgan fingerprint density at radius 2 is 0.711 bits per heavy atom. The second-order valence-corrected chi connectivity index (χ2v) is 48.0. The number of halogens is 2. The fourth-order valence-electron chi connectivity index (χ4n) is 30.0. The molecular formula is C105H136Cl2O13Se. The van der Waals surface area contributed by atoms with Crippen molar-refractivity contribution in [1.82, 2.24) is 0 Å². The quantitative estimate of drug-likeness (QED) is 0.0632. The summed E-state index contributed by atoms with van der Waals surface area (Å²) >= 11 is 13.0. The number of esters is 4. The van der Waals surface area contributed by atoms with Crippen LogP contribution < -0.4 is 13.7 Å². The minimum atomic E-state index is -0.348. The Hall–Kier alpha value is -5.76. The van der Waals surface area contributed by atoms with Crippen LogP contribution in [0.4, 0.5) is 0 Å². The van der Waals surface area contributed by atoms with Gasteiger partial charge in [-0.2, -0.15) is 0 Å². The van der Waals surface area contributed by atoms with E-state index >= 15 is 0 Å². The largest absolute Gasteiger partial charge is 0.508 e. The molecule has 121 heavy (non-hydrogen) atoms. The van der Waals surface area contributed by atoms with E-state index in [9.17, 15) is 34.5 Å². The van der Waals surface area contributed by atoms with Crippen molar-refractivity contribution >= 4 is 71.0 Å². The first kappa shape index (κ1) is 86.0. The van der Waals surface area contributed by atoms with Gasteiger partial charge in [0.2, 0.25) is 0 Å². The molecule has 0 radical (unpaired) electrons. The molecule has 21 rings (SSSR count). The summed E-state index contributed by atoms with van der Waals surface area (Å²) in [6.45, 7) is 27.0. The Kier molecular flexibility index (Phi) is 22.1. The van der Waals surface area contributed by atoms with Crippen molar-refractivity contribution < 1.29 is 62.9 Å². The molecule has 20 atom stereocenters. The second-order valence-electron chi connectivity index (χ2n) is 44.9. The van der Waals surface area contributed by atoms with Crippen LogP contribution in [-0.2, 0) is 68.5 Å². The maximum atomic E-state index is 12.9. The molecular weight excluding hydrogens is 1620 g/mol. The van der Waals surface area contributed by atoms with Gasteiger partial charge in [0, 0.05) is 23.4 Å². The Bertz CT molecular complexity index is 4880. The fraction of sp³-hybridized carbons (Fsp3) is 0.676. The summed E-state index contributed by atoms with van der Waals surface area (Å²) in [5, 5.41) is 31.9. The van der Waals surface area contributed by atoms with Crippen molar-refractivity contribution in [3.63, 3.8) is 0 Å². The van der Waals surface area contributed by atoms with Crippen molar-refractivity contribution in [2.75, 3.05) is 20.3 Å². The van der Waals surface area contributed by atoms with Gasteiger partial charge in [0.25, 0.3) is 0 Å². The number of phenols is 3. The van der Waals surface area contributed by atoms with E-state index < -0.39 is 0 Å². The molecule has 4 spiro atoms. The minimum Gasteiger partial charge on any atom is -0.508 e. The number of fused-ring (bicyclic) bond motifs is 24. The maximum absolute atomic E-state index is 12.9. The first-order valence-electron chi connectivity index (χ1n) is 47.2. The number of aryl methyl sites for hydroxylation is 4. The normalized spacial score (nSPS) is 38.9. The standard InChI is InChI=1S/C30H36O3Se.C27H37ClO4.C24H31ClO3.C24H32O3/c1-28(2)15-16-30(33-27(28)32)14-12-24-22-10-9-19-17-25(31)26(34-20-7-5-4-6-8-20)18-23(19)21(22)11-13-29(24,30)3;1-25(2)11-12-27(32-24(25)29)10-8-21-19-6-5-17-15-23(31-14-13-30-4)22(28)16-20(17)18(19)7-9-26(21,27)3;1-22(2)10-11-24(28-21(22)27)9-7-18-16-5-4-14-12-20(26)19(25)13-17(14)15(16)6-8-23(18,24)3;1-22(2)12-13-24(27-21(22)26)11-9-20-19-6-4-15-14-16(25)5-7-17(15)18(19)8-10-23(20,24)3/h4-8,17-18,21-22,24,31H,9-16H2,1-3H3;15-16,18-19,21H,5-14H2,1-4H3;12-13,15-16,18,26H,4-11H2,1-3H3;5,7,14,18-20,25H,4,6,8-13H2,1-3H3/t21?,22?,24?,29-,30+;18?,19?,21?,26-,27+;15?,16?,18?,23-,24+;18?,19?,20?,23-,24+/m0000/s1. The molecule has 5 aromatic rings. The van der Waals surface area contributed by atoms with E-state index in [2.05, 4.69) is 88.4 Å². The number of carbonyl (C=O) groups is 4. The van der Waals surface area contributed by atoms with Crippen LogP contribution in [0.15, 0.2) is 84.9 Å². The number of methoxy groups -OCH3 is 1. The van der Waals surface area contributed by atoms with Crippen LogP contribution in [0, 0.1) is 90.7 Å². The predicted octanol–water partition coefficient (Wildman–Crippen LogP) is 22.7. The van der Waals surface area contributed by atoms with Gasteiger partial charge in [-0.1, -0.05) is 50.0 Å². The number of benzene rings is 5. The molecule has 3 N–H and O–H groups in total. The summed E-state index contributed by atoms with van der Waals surface area (Å²) in [6.07, 6.45) is 34.7. The molecule has 4 aliphatic heterocycles. The topological polar surface area (TPSA) is 184 Å². The van der Waals surface area contributed by atoms with Crippen LogP contribution in [0.5, 0.6) is 23.0 Å². The van der Waals surface area contributed by atoms with Crippen LogP contribution in [0.1, 0.15) is 331 Å². The van der Waals surface area contributed by atoms with Crippen molar-refractivity contribution in [3.05, 3.63) is 139 Å². The number of phenolic OH excluding ortho intramolecular Hbond substituents is 3. The fourth-order valence-corrected chi connectivity index (χ4v) is 32.2. The molecule has 13 nitrogen and oxygen atoms in total. The molecule has 16 aliphatic rings. The zero-order valence-corrected chi connectivity index (χ0v) is 77.9. The zero-order chi connectivity index (χ0) is 85.4. The van der Waals surface area contributed by atoms with Gasteiger partial charge in [-0.3, -0.25) is 14.4 Å². The number of ether oxygens (including phenoxy) is 6. The smallest absolute Gasteiger partial charge is 0.312 e. The predicted molar refractivity (Wildman–Crippen MR) is 475 cm³/mol. The molecule has 5 aromatic carbocycles. The monoisotopic (exact) mass is 1750 g/mol. The van der Waals surface area contributed by atoms with Crippen LogP contribution in [0.3, 0.4) is 0 Å². The summed E-state index contributed by atoms with van der Waals surface area (Å²) in [4.78, 5) is 51.2. The number of rotatable bonds is 6. The number of carbonyl (C=O) groups excluding carboxylic acids is 4. The van der Waals surface area contributed by atoms with Crippen molar-refractivity contribution in [2.24, 2.45) is 90.7 Å². The molecule has 16 heteroatoms. The van der Waals surface area contributed by atoms with Crippen LogP contribution in [0.25, 0.3) is 0 Å². The number of hydrogen-bond donors (Lipinski definition) is 3. The summed E-state index contributed by atoms with van der Waals surface area (Å²) in [6, 6.07) is 29.2. The summed E-state index contributed by atoms with van der Waals surface area (Å²) in [5.74, 6) is 9.21. The first-order chi connectivity index (χ1) is 57.4. The molecule has 8 saturated carbocycles. The first-order valence-corrected chi connectivity index (χ1v) is 49.6. The third-order valence-electron chi connectivity index (χ3n) is 37.7. The molecule has 4 heterocycles. The van der Waals surface area contributed by atoms with Gasteiger partial charge in [-0.25, -0.2) is 0 Å². The van der Waals surface area contributed by atoms with Gasteiger partial charge in [0.1, 0.15) is 40.7 Å². The van der Waals surface area contributed by atoms with Gasteiger partial charge < -0.3 is 33.9 Å². The molecule has 654 valence electrons. The van der Waals surface area contributed by atoms with E-state index in [4.69, 9.17) is 51.6 Å². The SMILES string of the molecule is CC1(C)CC[C@@]2(CCC3C4CCc5cc(O)c(Cl)cc5C4CC[C@@]32C)OC1=O.CC1(C)CC[C@@]2(CCC3C4CCc5cc(O)c([Se]c6ccccc6)cc5C4CC[C@@]32C)OC1=O.CC1(C)CC[C@@]2(CCC3C4CCc5cc(O)ccc5C4CC[C@@]32C)OC1=O.COCCOc1cc2c(cc1Cl)C1CC[C@@]3(C)C(CC[C@@]34CCC(C)(C)C(=O)O4)C1CC2. The number of aromatic hydroxyl groups is 3. The Balaban J connectivity index is 0.000000111. The molecule has 4 saturated heterocycles. The third kappa shape index (κ3) is 14.0. The summed E-state index contributed by atoms with van der Waals surface area (Å²) in [7, 11) is 1.68. The average molecular weight is 1760 g/mol. The number of hydrogen-bond acceptors (Lipinski definition) is 13. The molecule has 0 bridgehead atoms. The maximum Gasteiger partial charge on any atom is 0.312 e. The Morgan fingerprint density at radius 1 is 0.364 bits per heavy atom. The van der Waals surface area contributed by atoms with E-state index in [1.165, 1.54) is 93.9 Å². The van der Waals surface area contributed by atoms with E-state index in [0.29, 0.717) is 106 Å². The van der Waals surface area contributed by atoms with E-state index in [0.717, 1.165) is 171 Å². The van der Waals surface area contributed by atoms with Crippen LogP contribution in [0.2, 0.25) is 10.0 Å². The van der Waals surface area contributed by atoms with Gasteiger partial charge in [-0.05, 0) is 319 Å². The molecule has 0 aromatic heterocycles. The molecule has 12 aliphatic carbocycles. The third-order valence-corrected chi connectivity index (χ3v) is 40.5. The van der Waals surface area contributed by atoms with E-state index in [1.807, 2.05) is 79.7 Å². The molecule has 12 unspecified atom stereocenters. The van der Waals surface area contributed by atoms with Gasteiger partial charge >= 0.3 is 228 Å². The molecule has 0 amide bonds. The molecule has 12 fully saturated rings. The van der Waals surface area contributed by atoms with Gasteiger partial charge in [0.05, 0.1) is 32.9 Å². The second kappa shape index (κ2) is 31.0. The summed E-state index contributed by atoms with van der Waals surface area (Å²) in [5.41, 5.74) is 9.10. The summed E-state index contributed by atoms with van der Waals surface area (Å²) < 4.78 is 38.8.